The van der Waals surface area contributed by atoms with Crippen LogP contribution in [0.3, 0.4) is 0 Å². The Kier molecular flexibility index (Phi) is 7.70. The summed E-state index contributed by atoms with van der Waals surface area (Å²) in [6.07, 6.45) is 0. The number of halogens is 4. The molecule has 0 amide bonds. The Labute approximate surface area is 330 Å². The highest BCUT2D eigenvalue weighted by Gasteiger charge is 2.21. The van der Waals surface area contributed by atoms with Crippen LogP contribution in [-0.2, 0) is 0 Å². The first-order valence-electron chi connectivity index (χ1n) is 19.2. The predicted molar refractivity (Wildman–Crippen MR) is 233 cm³/mol. The smallest absolute Gasteiger partial charge is 0.194 e. The lowest BCUT2D eigenvalue weighted by molar-refractivity contribution is 0.448. The van der Waals surface area contributed by atoms with Gasteiger partial charge >= 0.3 is 0 Å². The molecule has 0 aliphatic rings. The van der Waals surface area contributed by atoms with Crippen LogP contribution in [-0.4, -0.2) is 0 Å². The topological polar surface area (TPSA) is 0 Å². The fraction of sp³-hybridized carbons (Fsp3) is 0. The average Bonchev–Trinajstić information content (AvgIpc) is 3.26. The van der Waals surface area contributed by atoms with Crippen LogP contribution in [0.4, 0.5) is 17.6 Å². The Morgan fingerprint density at radius 2 is 0.759 bits per heavy atom. The van der Waals surface area contributed by atoms with E-state index in [-0.39, 0.29) is 11.4 Å². The fourth-order valence-electron chi connectivity index (χ4n) is 8.99. The van der Waals surface area contributed by atoms with Gasteiger partial charge in [-0.25, -0.2) is 17.6 Å². The molecule has 58 heavy (non-hydrogen) atoms. The molecule has 0 aromatic heterocycles. The van der Waals surface area contributed by atoms with Crippen LogP contribution in [0.5, 0.6) is 0 Å². The largest absolute Gasteiger partial charge is 0.207 e. The van der Waals surface area contributed by atoms with E-state index in [1.807, 2.05) is 42.5 Å². The summed E-state index contributed by atoms with van der Waals surface area (Å²) in [6.45, 7) is 0. The molecule has 0 fully saturated rings. The number of hydrogen-bond acceptors (Lipinski definition) is 0. The lowest BCUT2D eigenvalue weighted by atomic mass is 9.82. The predicted octanol–water partition coefficient (Wildman–Crippen LogP) is 15.8. The summed E-state index contributed by atoms with van der Waals surface area (Å²) in [6, 6.07) is 59.1. The molecule has 0 unspecified atom stereocenters. The number of rotatable bonds is 4. The minimum absolute atomic E-state index is 0.239. The van der Waals surface area contributed by atoms with Gasteiger partial charge in [0.2, 0.25) is 0 Å². The first-order valence-corrected chi connectivity index (χ1v) is 19.2. The Hall–Kier alpha value is -7.30. The van der Waals surface area contributed by atoms with Crippen molar-refractivity contribution >= 4 is 64.6 Å². The van der Waals surface area contributed by atoms with Gasteiger partial charge in [0.25, 0.3) is 0 Å². The number of fused-ring (bicyclic) bond motifs is 8. The third kappa shape index (κ3) is 5.37. The standard InChI is InChI=1S/C54H30F4/c55-38-20-17-31(18-21-38)35-26-47(46-24-33-9-1-3-11-39(33)42-13-5-7-15-44(42)46)48-28-37-23-32(36-29-51(56)54(58)52(57)30-36)19-22-41(37)53(50(48)27-35)49-25-34-10-2-4-12-40(34)43-14-6-8-16-45(43)49/h1-30H. The maximum Gasteiger partial charge on any atom is 0.194 e. The second-order valence-corrected chi connectivity index (χ2v) is 14.9. The van der Waals surface area contributed by atoms with Gasteiger partial charge in [0.15, 0.2) is 17.5 Å². The van der Waals surface area contributed by atoms with E-state index in [4.69, 9.17) is 0 Å². The van der Waals surface area contributed by atoms with Crippen LogP contribution in [0.2, 0.25) is 0 Å². The fourth-order valence-corrected chi connectivity index (χ4v) is 8.99. The van der Waals surface area contributed by atoms with Gasteiger partial charge in [-0.05, 0) is 170 Å². The van der Waals surface area contributed by atoms with Crippen molar-refractivity contribution in [2.24, 2.45) is 0 Å². The van der Waals surface area contributed by atoms with Crippen molar-refractivity contribution in [3.05, 3.63) is 205 Å². The zero-order valence-corrected chi connectivity index (χ0v) is 30.8. The van der Waals surface area contributed by atoms with Gasteiger partial charge in [0, 0.05) is 0 Å². The summed E-state index contributed by atoms with van der Waals surface area (Å²) in [5, 5.41) is 12.6. The van der Waals surface area contributed by atoms with E-state index in [9.17, 15) is 17.6 Å². The monoisotopic (exact) mass is 754 g/mol. The average molecular weight is 755 g/mol. The van der Waals surface area contributed by atoms with E-state index in [1.54, 1.807) is 0 Å². The van der Waals surface area contributed by atoms with Crippen LogP contribution in [0.1, 0.15) is 0 Å². The molecule has 0 atom stereocenters. The van der Waals surface area contributed by atoms with Crippen LogP contribution in [0, 0.1) is 23.3 Å². The second-order valence-electron chi connectivity index (χ2n) is 14.9. The molecule has 274 valence electrons. The first kappa shape index (κ1) is 34.0. The molecule has 0 saturated heterocycles. The molecular weight excluding hydrogens is 725 g/mol. The molecule has 0 radical (unpaired) electrons. The third-order valence-electron chi connectivity index (χ3n) is 11.7. The van der Waals surface area contributed by atoms with Gasteiger partial charge in [-0.3, -0.25) is 0 Å². The zero-order valence-electron chi connectivity index (χ0n) is 30.8. The van der Waals surface area contributed by atoms with E-state index in [2.05, 4.69) is 115 Å². The molecule has 0 spiro atoms. The van der Waals surface area contributed by atoms with Crippen molar-refractivity contribution in [1.82, 2.24) is 0 Å². The first-order chi connectivity index (χ1) is 28.4. The maximum absolute atomic E-state index is 14.7. The lowest BCUT2D eigenvalue weighted by Crippen LogP contribution is -1.94. The van der Waals surface area contributed by atoms with Gasteiger partial charge < -0.3 is 0 Å². The molecule has 4 heteroatoms. The van der Waals surface area contributed by atoms with Crippen molar-refractivity contribution in [2.45, 2.75) is 0 Å². The van der Waals surface area contributed by atoms with E-state index in [0.717, 1.165) is 110 Å². The molecule has 0 nitrogen and oxygen atoms in total. The van der Waals surface area contributed by atoms with Crippen LogP contribution in [0.15, 0.2) is 182 Å². The molecular formula is C54H30F4. The van der Waals surface area contributed by atoms with Crippen LogP contribution in [0.25, 0.3) is 109 Å². The van der Waals surface area contributed by atoms with Gasteiger partial charge in [-0.2, -0.15) is 0 Å². The molecule has 0 saturated carbocycles. The van der Waals surface area contributed by atoms with Gasteiger partial charge in [-0.15, -0.1) is 0 Å². The molecule has 0 aliphatic heterocycles. The van der Waals surface area contributed by atoms with Gasteiger partial charge in [0.05, 0.1) is 0 Å². The Morgan fingerprint density at radius 1 is 0.259 bits per heavy atom. The highest BCUT2D eigenvalue weighted by atomic mass is 19.2. The third-order valence-corrected chi connectivity index (χ3v) is 11.7. The van der Waals surface area contributed by atoms with Crippen LogP contribution < -0.4 is 0 Å². The van der Waals surface area contributed by atoms with Crippen molar-refractivity contribution in [3.63, 3.8) is 0 Å². The van der Waals surface area contributed by atoms with E-state index in [1.165, 1.54) is 12.1 Å². The normalized spacial score (nSPS) is 11.8. The van der Waals surface area contributed by atoms with Crippen molar-refractivity contribution in [2.75, 3.05) is 0 Å². The minimum atomic E-state index is -1.50. The van der Waals surface area contributed by atoms with E-state index in [0.29, 0.717) is 5.56 Å². The van der Waals surface area contributed by atoms with Crippen molar-refractivity contribution in [3.8, 4) is 44.5 Å². The molecule has 11 rings (SSSR count). The van der Waals surface area contributed by atoms with Crippen LogP contribution >= 0.6 is 0 Å². The number of benzene rings is 11. The summed E-state index contributed by atoms with van der Waals surface area (Å²) in [5.41, 5.74) is 6.64. The highest BCUT2D eigenvalue weighted by molar-refractivity contribution is 6.25. The number of hydrogen-bond donors (Lipinski definition) is 0. The van der Waals surface area contributed by atoms with Crippen molar-refractivity contribution < 1.29 is 17.6 Å². The SMILES string of the molecule is Fc1ccc(-c2cc(-c3cc4ccccc4c4ccccc34)c3cc4cc(-c5cc(F)c(F)c(F)c5)ccc4c(-c4cc5ccccc5c5ccccc45)c3c2)cc1. The van der Waals surface area contributed by atoms with Gasteiger partial charge in [0.1, 0.15) is 5.82 Å². The van der Waals surface area contributed by atoms with Gasteiger partial charge in [-0.1, -0.05) is 121 Å². The Morgan fingerprint density at radius 3 is 1.40 bits per heavy atom. The van der Waals surface area contributed by atoms with E-state index >= 15 is 0 Å². The molecule has 0 aliphatic carbocycles. The highest BCUT2D eigenvalue weighted by Crippen LogP contribution is 2.48. The minimum Gasteiger partial charge on any atom is -0.207 e. The summed E-state index contributed by atoms with van der Waals surface area (Å²) in [5.74, 6) is -4.28. The lowest BCUT2D eigenvalue weighted by Gasteiger charge is -2.21. The summed E-state index contributed by atoms with van der Waals surface area (Å²) >= 11 is 0. The summed E-state index contributed by atoms with van der Waals surface area (Å²) in [7, 11) is 0. The zero-order chi connectivity index (χ0) is 39.1. The molecule has 0 heterocycles. The molecule has 11 aromatic rings. The maximum atomic E-state index is 14.7. The molecule has 0 bridgehead atoms. The summed E-state index contributed by atoms with van der Waals surface area (Å²) < 4.78 is 57.9. The Bertz CT molecular complexity index is 3470. The molecule has 11 aromatic carbocycles. The Balaban J connectivity index is 1.34. The van der Waals surface area contributed by atoms with E-state index < -0.39 is 17.5 Å². The second kappa shape index (κ2) is 13.1. The summed E-state index contributed by atoms with van der Waals surface area (Å²) in [4.78, 5) is 0. The quantitative estimate of drug-likeness (QED) is 0.0726. The van der Waals surface area contributed by atoms with Crippen molar-refractivity contribution in [1.29, 1.82) is 0 Å². The molecule has 0 N–H and O–H groups in total.